The Bertz CT molecular complexity index is 849. The molecule has 0 saturated carbocycles. The second kappa shape index (κ2) is 9.38. The van der Waals surface area contributed by atoms with E-state index in [1.54, 1.807) is 54.6 Å². The molecule has 0 saturated heterocycles. The van der Waals surface area contributed by atoms with Crippen LogP contribution in [0.5, 0.6) is 0 Å². The van der Waals surface area contributed by atoms with Crippen molar-refractivity contribution in [2.45, 2.75) is 0 Å². The van der Waals surface area contributed by atoms with Crippen LogP contribution in [0.25, 0.3) is 0 Å². The van der Waals surface area contributed by atoms with Crippen molar-refractivity contribution in [3.8, 4) is 0 Å². The summed E-state index contributed by atoms with van der Waals surface area (Å²) in [7, 11) is 0. The fourth-order valence-electron chi connectivity index (χ4n) is 1.76. The van der Waals surface area contributed by atoms with E-state index >= 15 is 0 Å². The van der Waals surface area contributed by atoms with Gasteiger partial charge in [-0.15, -0.1) is 0 Å². The van der Waals surface area contributed by atoms with Crippen LogP contribution in [-0.2, 0) is 4.84 Å². The molecule has 1 heterocycles. The molecular formula is C18H16N4O4. The van der Waals surface area contributed by atoms with E-state index in [0.717, 1.165) is 0 Å². The Kier molecular flexibility index (Phi) is 6.64. The molecule has 3 aromatic rings. The molecule has 3 rings (SSSR count). The third kappa shape index (κ3) is 5.60. The zero-order valence-electron chi connectivity index (χ0n) is 13.6. The molecule has 0 spiro atoms. The van der Waals surface area contributed by atoms with Crippen LogP contribution in [0.3, 0.4) is 0 Å². The van der Waals surface area contributed by atoms with Crippen LogP contribution in [0.1, 0.15) is 31.1 Å². The maximum Gasteiger partial charge on any atom is 0.362 e. The lowest BCUT2D eigenvalue weighted by Crippen LogP contribution is -2.26. The molecule has 1 aromatic heterocycles. The molecule has 4 N–H and O–H groups in total. The number of hydrogen-bond donors (Lipinski definition) is 3. The van der Waals surface area contributed by atoms with Gasteiger partial charge < -0.3 is 10.6 Å². The van der Waals surface area contributed by atoms with Gasteiger partial charge in [-0.3, -0.25) is 14.7 Å². The van der Waals surface area contributed by atoms with Crippen LogP contribution in [0.15, 0.2) is 73.1 Å². The van der Waals surface area contributed by atoms with Crippen LogP contribution in [0.4, 0.5) is 0 Å². The monoisotopic (exact) mass is 352 g/mol. The zero-order chi connectivity index (χ0) is 18.8. The first-order valence-corrected chi connectivity index (χ1v) is 7.48. The fourth-order valence-corrected chi connectivity index (χ4v) is 1.76. The van der Waals surface area contributed by atoms with Gasteiger partial charge in [0.15, 0.2) is 0 Å². The number of benzene rings is 2. The Morgan fingerprint density at radius 3 is 1.92 bits per heavy atom. The number of nitrogens with two attached hydrogens (primary N) is 1. The van der Waals surface area contributed by atoms with Crippen molar-refractivity contribution in [1.82, 2.24) is 15.7 Å². The molecule has 26 heavy (non-hydrogen) atoms. The predicted molar refractivity (Wildman–Crippen MR) is 92.9 cm³/mol. The van der Waals surface area contributed by atoms with E-state index < -0.39 is 11.9 Å². The van der Waals surface area contributed by atoms with Gasteiger partial charge in [0, 0.05) is 11.8 Å². The lowest BCUT2D eigenvalue weighted by Gasteiger charge is -2.03. The zero-order valence-corrected chi connectivity index (χ0v) is 13.6. The Morgan fingerprint density at radius 2 is 1.46 bits per heavy atom. The minimum absolute atomic E-state index is 0.283. The molecule has 2 amide bonds. The summed E-state index contributed by atoms with van der Waals surface area (Å²) >= 11 is 0. The largest absolute Gasteiger partial charge is 0.366 e. The highest BCUT2D eigenvalue weighted by atomic mass is 16.7. The number of primary amides is 1. The lowest BCUT2D eigenvalue weighted by atomic mass is 10.2. The second-order valence-corrected chi connectivity index (χ2v) is 4.90. The number of hydroxylamine groups is 1. The highest BCUT2D eigenvalue weighted by Gasteiger charge is 2.11. The molecule has 8 heteroatoms. The number of hydrogen-bond acceptors (Lipinski definition) is 5. The Morgan fingerprint density at radius 1 is 0.885 bits per heavy atom. The van der Waals surface area contributed by atoms with Gasteiger partial charge in [-0.25, -0.2) is 4.79 Å². The number of aromatic nitrogens is 2. The van der Waals surface area contributed by atoms with E-state index in [4.69, 9.17) is 5.73 Å². The Hall–Kier alpha value is -3.94. The third-order valence-electron chi connectivity index (χ3n) is 3.06. The maximum atomic E-state index is 11.5. The molecular weight excluding hydrogens is 336 g/mol. The average molecular weight is 352 g/mol. The van der Waals surface area contributed by atoms with E-state index in [0.29, 0.717) is 11.1 Å². The quantitative estimate of drug-likeness (QED) is 0.618. The normalized spacial score (nSPS) is 9.38. The first-order chi connectivity index (χ1) is 12.6. The number of nitrogens with zero attached hydrogens (tertiary/aromatic N) is 1. The predicted octanol–water partition coefficient (Wildman–Crippen LogP) is 1.70. The van der Waals surface area contributed by atoms with Crippen molar-refractivity contribution in [1.29, 1.82) is 0 Å². The lowest BCUT2D eigenvalue weighted by molar-refractivity contribution is 0.0230. The summed E-state index contributed by atoms with van der Waals surface area (Å²) in [4.78, 5) is 37.9. The van der Waals surface area contributed by atoms with E-state index in [2.05, 4.69) is 15.0 Å². The summed E-state index contributed by atoms with van der Waals surface area (Å²) < 4.78 is 0. The molecule has 8 nitrogen and oxygen atoms in total. The minimum atomic E-state index is -0.623. The van der Waals surface area contributed by atoms with Crippen LogP contribution in [0, 0.1) is 0 Å². The fraction of sp³-hybridized carbons (Fsp3) is 0. The minimum Gasteiger partial charge on any atom is -0.366 e. The average Bonchev–Trinajstić information content (AvgIpc) is 3.22. The number of amides is 2. The van der Waals surface area contributed by atoms with Gasteiger partial charge in [-0.2, -0.15) is 10.6 Å². The number of carbonyl (C=O) groups is 3. The van der Waals surface area contributed by atoms with E-state index in [1.165, 1.54) is 12.4 Å². The first kappa shape index (κ1) is 18.4. The molecule has 2 aromatic carbocycles. The van der Waals surface area contributed by atoms with E-state index in [9.17, 15) is 14.4 Å². The van der Waals surface area contributed by atoms with Crippen LogP contribution < -0.4 is 11.2 Å². The summed E-state index contributed by atoms with van der Waals surface area (Å²) in [6, 6.07) is 17.1. The third-order valence-corrected chi connectivity index (χ3v) is 3.06. The van der Waals surface area contributed by atoms with Gasteiger partial charge in [0.05, 0.1) is 17.3 Å². The Labute approximate surface area is 148 Å². The Balaban J connectivity index is 0.000000228. The molecule has 132 valence electrons. The summed E-state index contributed by atoms with van der Waals surface area (Å²) in [6.45, 7) is 0. The number of aromatic amines is 1. The molecule has 0 radical (unpaired) electrons. The van der Waals surface area contributed by atoms with Crippen molar-refractivity contribution in [2.75, 3.05) is 0 Å². The molecule has 0 unspecified atom stereocenters. The summed E-state index contributed by atoms with van der Waals surface area (Å²) in [5.74, 6) is -1.54. The topological polar surface area (TPSA) is 127 Å². The van der Waals surface area contributed by atoms with Crippen molar-refractivity contribution in [3.63, 3.8) is 0 Å². The maximum absolute atomic E-state index is 11.5. The van der Waals surface area contributed by atoms with E-state index in [1.807, 2.05) is 11.5 Å². The standard InChI is InChI=1S/C11H9N3O3.C7H7NO/c15-10(9-6-12-13-7-9)14-17-11(16)8-4-2-1-3-5-8;8-7(9)6-4-2-1-3-5-6/h1-7H,(H,12,13)(H,14,15);1-5H,(H2,8,9). The first-order valence-electron chi connectivity index (χ1n) is 7.48. The van der Waals surface area contributed by atoms with Gasteiger partial charge in [-0.1, -0.05) is 36.4 Å². The van der Waals surface area contributed by atoms with Crippen molar-refractivity contribution in [3.05, 3.63) is 89.7 Å². The van der Waals surface area contributed by atoms with Gasteiger partial charge in [-0.05, 0) is 24.3 Å². The molecule has 0 fully saturated rings. The molecule has 0 aliphatic carbocycles. The molecule has 0 aliphatic heterocycles. The second-order valence-electron chi connectivity index (χ2n) is 4.90. The summed E-state index contributed by atoms with van der Waals surface area (Å²) in [5.41, 5.74) is 8.21. The van der Waals surface area contributed by atoms with Gasteiger partial charge >= 0.3 is 5.97 Å². The van der Waals surface area contributed by atoms with Crippen molar-refractivity contribution in [2.24, 2.45) is 5.73 Å². The van der Waals surface area contributed by atoms with Crippen LogP contribution in [-0.4, -0.2) is 28.0 Å². The number of H-pyrrole nitrogens is 1. The van der Waals surface area contributed by atoms with Crippen LogP contribution in [0.2, 0.25) is 0 Å². The molecule has 0 atom stereocenters. The number of carbonyl (C=O) groups excluding carboxylic acids is 3. The highest BCUT2D eigenvalue weighted by Crippen LogP contribution is 2.00. The highest BCUT2D eigenvalue weighted by molar-refractivity contribution is 5.95. The number of nitrogens with one attached hydrogen (secondary N) is 2. The van der Waals surface area contributed by atoms with Gasteiger partial charge in [0.1, 0.15) is 0 Å². The smallest absolute Gasteiger partial charge is 0.362 e. The van der Waals surface area contributed by atoms with E-state index in [-0.39, 0.29) is 11.5 Å². The SMILES string of the molecule is NC(=O)c1ccccc1.O=C(NOC(=O)c1ccccc1)c1cn[nH]c1. The van der Waals surface area contributed by atoms with Gasteiger partial charge in [0.25, 0.3) is 5.91 Å². The number of rotatable bonds is 3. The summed E-state index contributed by atoms with van der Waals surface area (Å²) in [6.07, 6.45) is 2.72. The van der Waals surface area contributed by atoms with Crippen molar-refractivity contribution >= 4 is 17.8 Å². The molecule has 0 aliphatic rings. The summed E-state index contributed by atoms with van der Waals surface area (Å²) in [5, 5.41) is 6.08. The van der Waals surface area contributed by atoms with Gasteiger partial charge in [0.2, 0.25) is 5.91 Å². The van der Waals surface area contributed by atoms with Crippen molar-refractivity contribution < 1.29 is 19.2 Å². The molecule has 0 bridgehead atoms. The van der Waals surface area contributed by atoms with Crippen LogP contribution >= 0.6 is 0 Å².